The molecule has 0 aromatic heterocycles. The molecule has 3 heteroatoms. The van der Waals surface area contributed by atoms with Crippen molar-refractivity contribution in [3.63, 3.8) is 0 Å². The Morgan fingerprint density at radius 3 is 2.73 bits per heavy atom. The van der Waals surface area contributed by atoms with Gasteiger partial charge in [-0.25, -0.2) is 0 Å². The van der Waals surface area contributed by atoms with E-state index in [1.54, 1.807) is 0 Å². The average Bonchev–Trinajstić information content (AvgIpc) is 2.20. The average molecular weight is 292 g/mol. The minimum Gasteiger partial charge on any atom is -0.493 e. The van der Waals surface area contributed by atoms with E-state index in [1.807, 2.05) is 12.1 Å². The predicted molar refractivity (Wildman–Crippen MR) is 69.1 cm³/mol. The van der Waals surface area contributed by atoms with Crippen LogP contribution in [0, 0.1) is 0 Å². The van der Waals surface area contributed by atoms with Gasteiger partial charge in [-0.2, -0.15) is 0 Å². The van der Waals surface area contributed by atoms with Gasteiger partial charge in [-0.15, -0.1) is 11.6 Å². The molecule has 0 atom stereocenters. The van der Waals surface area contributed by atoms with Crippen molar-refractivity contribution in [3.8, 4) is 5.75 Å². The Labute approximate surface area is 105 Å². The van der Waals surface area contributed by atoms with Gasteiger partial charge in [0.05, 0.1) is 6.61 Å². The van der Waals surface area contributed by atoms with Gasteiger partial charge in [0.15, 0.2) is 0 Å². The maximum Gasteiger partial charge on any atom is 0.122 e. The van der Waals surface area contributed by atoms with Gasteiger partial charge in [-0.05, 0) is 36.1 Å². The fourth-order valence-electron chi connectivity index (χ4n) is 1.34. The van der Waals surface area contributed by atoms with Crippen LogP contribution in [0.4, 0.5) is 0 Å². The van der Waals surface area contributed by atoms with Gasteiger partial charge in [-0.3, -0.25) is 0 Å². The van der Waals surface area contributed by atoms with Crippen LogP contribution < -0.4 is 4.74 Å². The minimum atomic E-state index is 0.466. The molecule has 0 heterocycles. The third kappa shape index (κ3) is 4.04. The van der Waals surface area contributed by atoms with Crippen molar-refractivity contribution in [2.45, 2.75) is 26.2 Å². The van der Waals surface area contributed by atoms with Crippen molar-refractivity contribution in [3.05, 3.63) is 28.2 Å². The van der Waals surface area contributed by atoms with Crippen LogP contribution in [0.3, 0.4) is 0 Å². The topological polar surface area (TPSA) is 9.23 Å². The summed E-state index contributed by atoms with van der Waals surface area (Å²) in [7, 11) is 0. The van der Waals surface area contributed by atoms with Gasteiger partial charge in [0.25, 0.3) is 0 Å². The first kappa shape index (κ1) is 12.9. The zero-order valence-corrected chi connectivity index (χ0v) is 11.4. The lowest BCUT2D eigenvalue weighted by atomic mass is 10.0. The number of benzene rings is 1. The first-order chi connectivity index (χ1) is 7.15. The SMILES string of the molecule is CC(C)c1cc(Br)ccc1OCCCCl. The van der Waals surface area contributed by atoms with Gasteiger partial charge >= 0.3 is 0 Å². The highest BCUT2D eigenvalue weighted by molar-refractivity contribution is 9.10. The summed E-state index contributed by atoms with van der Waals surface area (Å²) in [6, 6.07) is 6.12. The molecule has 1 aromatic carbocycles. The molecule has 0 spiro atoms. The molecule has 1 rings (SSSR count). The Bertz CT molecular complexity index is 312. The number of alkyl halides is 1. The Morgan fingerprint density at radius 1 is 1.40 bits per heavy atom. The van der Waals surface area contributed by atoms with Crippen molar-refractivity contribution in [1.82, 2.24) is 0 Å². The molecule has 1 aromatic rings. The van der Waals surface area contributed by atoms with Crippen LogP contribution >= 0.6 is 27.5 Å². The molecule has 1 nitrogen and oxygen atoms in total. The highest BCUT2D eigenvalue weighted by Gasteiger charge is 2.08. The lowest BCUT2D eigenvalue weighted by Crippen LogP contribution is -2.01. The number of hydrogen-bond donors (Lipinski definition) is 0. The van der Waals surface area contributed by atoms with E-state index in [4.69, 9.17) is 16.3 Å². The van der Waals surface area contributed by atoms with Gasteiger partial charge in [0.2, 0.25) is 0 Å². The maximum atomic E-state index is 5.69. The zero-order valence-electron chi connectivity index (χ0n) is 9.09. The fraction of sp³-hybridized carbons (Fsp3) is 0.500. The van der Waals surface area contributed by atoms with E-state index in [9.17, 15) is 0 Å². The molecule has 15 heavy (non-hydrogen) atoms. The molecule has 0 amide bonds. The third-order valence-corrected chi connectivity index (χ3v) is 2.89. The molecular formula is C12H16BrClO. The third-order valence-electron chi connectivity index (χ3n) is 2.13. The Kier molecular flexibility index (Phi) is 5.48. The summed E-state index contributed by atoms with van der Waals surface area (Å²) in [6.07, 6.45) is 0.884. The molecule has 0 fully saturated rings. The lowest BCUT2D eigenvalue weighted by Gasteiger charge is -2.14. The van der Waals surface area contributed by atoms with Gasteiger partial charge in [0.1, 0.15) is 5.75 Å². The van der Waals surface area contributed by atoms with Crippen LogP contribution in [0.2, 0.25) is 0 Å². The number of rotatable bonds is 5. The van der Waals surface area contributed by atoms with Crippen LogP contribution in [0.5, 0.6) is 5.75 Å². The van der Waals surface area contributed by atoms with Crippen molar-refractivity contribution in [1.29, 1.82) is 0 Å². The first-order valence-electron chi connectivity index (χ1n) is 5.13. The van der Waals surface area contributed by atoms with Crippen LogP contribution in [-0.4, -0.2) is 12.5 Å². The summed E-state index contributed by atoms with van der Waals surface area (Å²) >= 11 is 9.08. The second-order valence-corrected chi connectivity index (χ2v) is 5.02. The normalized spacial score (nSPS) is 10.7. The molecule has 0 aliphatic carbocycles. The largest absolute Gasteiger partial charge is 0.493 e. The molecule has 0 radical (unpaired) electrons. The minimum absolute atomic E-state index is 0.466. The van der Waals surface area contributed by atoms with E-state index < -0.39 is 0 Å². The van der Waals surface area contributed by atoms with Crippen molar-refractivity contribution in [2.75, 3.05) is 12.5 Å². The quantitative estimate of drug-likeness (QED) is 0.570. The molecule has 0 N–H and O–H groups in total. The van der Waals surface area contributed by atoms with E-state index >= 15 is 0 Å². The van der Waals surface area contributed by atoms with E-state index in [0.717, 1.165) is 16.6 Å². The van der Waals surface area contributed by atoms with Crippen molar-refractivity contribution < 1.29 is 4.74 Å². The summed E-state index contributed by atoms with van der Waals surface area (Å²) in [4.78, 5) is 0. The summed E-state index contributed by atoms with van der Waals surface area (Å²) < 4.78 is 6.78. The number of halogens is 2. The van der Waals surface area contributed by atoms with Crippen molar-refractivity contribution in [2.24, 2.45) is 0 Å². The highest BCUT2D eigenvalue weighted by Crippen LogP contribution is 2.29. The molecule has 0 bridgehead atoms. The van der Waals surface area contributed by atoms with E-state index in [0.29, 0.717) is 18.4 Å². The summed E-state index contributed by atoms with van der Waals surface area (Å²) in [6.45, 7) is 5.01. The van der Waals surface area contributed by atoms with E-state index in [-0.39, 0.29) is 0 Å². The molecule has 0 unspecified atom stereocenters. The highest BCUT2D eigenvalue weighted by atomic mass is 79.9. The zero-order chi connectivity index (χ0) is 11.3. The van der Waals surface area contributed by atoms with E-state index in [1.165, 1.54) is 5.56 Å². The maximum absolute atomic E-state index is 5.69. The van der Waals surface area contributed by atoms with Crippen LogP contribution in [0.25, 0.3) is 0 Å². The Hall–Kier alpha value is -0.210. The van der Waals surface area contributed by atoms with Gasteiger partial charge in [0, 0.05) is 10.4 Å². The molecular weight excluding hydrogens is 275 g/mol. The van der Waals surface area contributed by atoms with Crippen molar-refractivity contribution >= 4 is 27.5 Å². The first-order valence-corrected chi connectivity index (χ1v) is 6.46. The Balaban J connectivity index is 2.77. The molecule has 84 valence electrons. The number of hydrogen-bond acceptors (Lipinski definition) is 1. The summed E-state index contributed by atoms with van der Waals surface area (Å²) in [5.41, 5.74) is 1.24. The monoisotopic (exact) mass is 290 g/mol. The smallest absolute Gasteiger partial charge is 0.122 e. The molecule has 0 saturated carbocycles. The standard InChI is InChI=1S/C12H16BrClO/c1-9(2)11-8-10(13)4-5-12(11)15-7-3-6-14/h4-5,8-9H,3,6-7H2,1-2H3. The summed E-state index contributed by atoms with van der Waals surface area (Å²) in [5.74, 6) is 2.08. The molecule has 0 saturated heterocycles. The lowest BCUT2D eigenvalue weighted by molar-refractivity contribution is 0.314. The van der Waals surface area contributed by atoms with Gasteiger partial charge < -0.3 is 4.74 Å². The Morgan fingerprint density at radius 2 is 2.13 bits per heavy atom. The van der Waals surface area contributed by atoms with Gasteiger partial charge in [-0.1, -0.05) is 29.8 Å². The predicted octanol–water partition coefficient (Wildman–Crippen LogP) is 4.58. The van der Waals surface area contributed by atoms with Crippen LogP contribution in [-0.2, 0) is 0 Å². The molecule has 0 aliphatic rings. The van der Waals surface area contributed by atoms with E-state index in [2.05, 4.69) is 35.8 Å². The fourth-order valence-corrected chi connectivity index (χ4v) is 1.83. The summed E-state index contributed by atoms with van der Waals surface area (Å²) in [5, 5.41) is 0. The van der Waals surface area contributed by atoms with Crippen LogP contribution in [0.1, 0.15) is 31.7 Å². The number of ether oxygens (including phenoxy) is 1. The van der Waals surface area contributed by atoms with Crippen LogP contribution in [0.15, 0.2) is 22.7 Å². The molecule has 0 aliphatic heterocycles. The second kappa shape index (κ2) is 6.39. The second-order valence-electron chi connectivity index (χ2n) is 3.73.